The number of benzene rings is 2. The van der Waals surface area contributed by atoms with Gasteiger partial charge in [-0.05, 0) is 35.9 Å². The first-order chi connectivity index (χ1) is 13.5. The average Bonchev–Trinajstić information content (AvgIpc) is 3.17. The highest BCUT2D eigenvalue weighted by Crippen LogP contribution is 2.17. The summed E-state index contributed by atoms with van der Waals surface area (Å²) in [4.78, 5) is 30.5. The number of hydrogen-bond donors (Lipinski definition) is 4. The molecule has 2 heterocycles. The smallest absolute Gasteiger partial charge is 0.338 e. The SMILES string of the molecule is Nc1cccc(CNc2ccc3nc(-n4cc(C(=O)O)cn4)[nH]c(=O)c3c2)c1. The summed E-state index contributed by atoms with van der Waals surface area (Å²) in [7, 11) is 0. The van der Waals surface area contributed by atoms with Crippen LogP contribution in [0.25, 0.3) is 16.9 Å². The van der Waals surface area contributed by atoms with Crippen LogP contribution in [-0.2, 0) is 6.54 Å². The highest BCUT2D eigenvalue weighted by Gasteiger charge is 2.11. The summed E-state index contributed by atoms with van der Waals surface area (Å²) in [6, 6.07) is 12.8. The molecule has 0 aliphatic rings. The topological polar surface area (TPSA) is 139 Å². The third kappa shape index (κ3) is 3.40. The van der Waals surface area contributed by atoms with Gasteiger partial charge in [0.05, 0.1) is 22.7 Å². The summed E-state index contributed by atoms with van der Waals surface area (Å²) in [5.41, 5.74) is 8.39. The second-order valence-corrected chi connectivity index (χ2v) is 6.20. The molecule has 9 heteroatoms. The molecule has 2 aromatic carbocycles. The Hall–Kier alpha value is -4.14. The minimum Gasteiger partial charge on any atom is -0.478 e. The van der Waals surface area contributed by atoms with E-state index in [2.05, 4.69) is 20.4 Å². The van der Waals surface area contributed by atoms with Gasteiger partial charge in [0.15, 0.2) is 0 Å². The van der Waals surface area contributed by atoms with Crippen molar-refractivity contribution in [2.24, 2.45) is 0 Å². The van der Waals surface area contributed by atoms with Gasteiger partial charge in [0.25, 0.3) is 5.56 Å². The van der Waals surface area contributed by atoms with Gasteiger partial charge in [0, 0.05) is 24.1 Å². The first-order valence-corrected chi connectivity index (χ1v) is 8.40. The summed E-state index contributed by atoms with van der Waals surface area (Å²) in [6.07, 6.45) is 2.48. The number of nitrogens with one attached hydrogen (secondary N) is 2. The van der Waals surface area contributed by atoms with Crippen molar-refractivity contribution >= 4 is 28.2 Å². The van der Waals surface area contributed by atoms with Crippen LogP contribution < -0.4 is 16.6 Å². The third-order valence-corrected chi connectivity index (χ3v) is 4.19. The van der Waals surface area contributed by atoms with Crippen LogP contribution in [0.4, 0.5) is 11.4 Å². The number of aromatic amines is 1. The second-order valence-electron chi connectivity index (χ2n) is 6.20. The van der Waals surface area contributed by atoms with Gasteiger partial charge in [0.2, 0.25) is 5.95 Å². The number of nitrogens with two attached hydrogens (primary N) is 1. The van der Waals surface area contributed by atoms with Crippen molar-refractivity contribution in [2.75, 3.05) is 11.1 Å². The quantitative estimate of drug-likeness (QED) is 0.391. The lowest BCUT2D eigenvalue weighted by atomic mass is 10.2. The van der Waals surface area contributed by atoms with Gasteiger partial charge in [-0.2, -0.15) is 5.10 Å². The first kappa shape index (κ1) is 17.3. The van der Waals surface area contributed by atoms with Crippen molar-refractivity contribution in [3.63, 3.8) is 0 Å². The maximum Gasteiger partial charge on any atom is 0.338 e. The van der Waals surface area contributed by atoms with Crippen LogP contribution in [0.3, 0.4) is 0 Å². The van der Waals surface area contributed by atoms with Crippen LogP contribution in [0.15, 0.2) is 59.7 Å². The van der Waals surface area contributed by atoms with E-state index in [1.165, 1.54) is 17.1 Å². The summed E-state index contributed by atoms with van der Waals surface area (Å²) in [5.74, 6) is -0.962. The van der Waals surface area contributed by atoms with E-state index in [0.717, 1.165) is 11.3 Å². The number of nitrogens with zero attached hydrogens (tertiary/aromatic N) is 3. The number of hydrogen-bond acceptors (Lipinski definition) is 6. The second kappa shape index (κ2) is 6.88. The molecule has 0 fully saturated rings. The Morgan fingerprint density at radius 3 is 2.86 bits per heavy atom. The molecule has 9 nitrogen and oxygen atoms in total. The highest BCUT2D eigenvalue weighted by molar-refractivity contribution is 5.87. The lowest BCUT2D eigenvalue weighted by Crippen LogP contribution is -2.14. The van der Waals surface area contributed by atoms with Gasteiger partial charge in [-0.1, -0.05) is 12.1 Å². The molecule has 0 aliphatic heterocycles. The Morgan fingerprint density at radius 1 is 1.25 bits per heavy atom. The maximum absolute atomic E-state index is 12.5. The molecule has 4 aromatic rings. The molecular formula is C19H16N6O3. The van der Waals surface area contributed by atoms with E-state index in [-0.39, 0.29) is 17.1 Å². The van der Waals surface area contributed by atoms with Gasteiger partial charge in [-0.3, -0.25) is 9.78 Å². The highest BCUT2D eigenvalue weighted by atomic mass is 16.4. The minimum atomic E-state index is -1.11. The van der Waals surface area contributed by atoms with E-state index in [1.807, 2.05) is 30.3 Å². The number of aromatic carboxylic acids is 1. The molecule has 5 N–H and O–H groups in total. The molecule has 0 atom stereocenters. The number of fused-ring (bicyclic) bond motifs is 1. The van der Waals surface area contributed by atoms with E-state index < -0.39 is 5.97 Å². The molecule has 0 spiro atoms. The van der Waals surface area contributed by atoms with Crippen molar-refractivity contribution in [1.82, 2.24) is 19.7 Å². The van der Waals surface area contributed by atoms with Crippen LogP contribution in [0.1, 0.15) is 15.9 Å². The van der Waals surface area contributed by atoms with Gasteiger partial charge >= 0.3 is 5.97 Å². The van der Waals surface area contributed by atoms with E-state index in [4.69, 9.17) is 10.8 Å². The number of carbonyl (C=O) groups is 1. The average molecular weight is 376 g/mol. The molecule has 0 amide bonds. The molecule has 0 radical (unpaired) electrons. The molecule has 0 saturated heterocycles. The van der Waals surface area contributed by atoms with Crippen LogP contribution in [-0.4, -0.2) is 30.8 Å². The fourth-order valence-corrected chi connectivity index (χ4v) is 2.80. The predicted octanol–water partition coefficient (Wildman–Crippen LogP) is 2.00. The largest absolute Gasteiger partial charge is 0.478 e. The molecule has 2 aromatic heterocycles. The molecule has 0 bridgehead atoms. The normalized spacial score (nSPS) is 10.9. The van der Waals surface area contributed by atoms with Crippen LogP contribution >= 0.6 is 0 Å². The fraction of sp³-hybridized carbons (Fsp3) is 0.0526. The number of carboxylic acid groups (broad SMARTS) is 1. The minimum absolute atomic E-state index is 0.00356. The number of rotatable bonds is 5. The lowest BCUT2D eigenvalue weighted by Gasteiger charge is -2.09. The molecule has 28 heavy (non-hydrogen) atoms. The Labute approximate surface area is 158 Å². The van der Waals surface area contributed by atoms with Gasteiger partial charge in [-0.25, -0.2) is 14.5 Å². The molecule has 4 rings (SSSR count). The Morgan fingerprint density at radius 2 is 2.11 bits per heavy atom. The fourth-order valence-electron chi connectivity index (χ4n) is 2.80. The van der Waals surface area contributed by atoms with Gasteiger partial charge in [0.1, 0.15) is 0 Å². The van der Waals surface area contributed by atoms with E-state index >= 15 is 0 Å². The molecular weight excluding hydrogens is 360 g/mol. The number of anilines is 2. The van der Waals surface area contributed by atoms with Crippen LogP contribution in [0.5, 0.6) is 0 Å². The summed E-state index contributed by atoms with van der Waals surface area (Å²) in [6.45, 7) is 0.561. The van der Waals surface area contributed by atoms with Gasteiger partial charge in [-0.15, -0.1) is 0 Å². The number of nitrogen functional groups attached to an aromatic ring is 1. The predicted molar refractivity (Wildman–Crippen MR) is 105 cm³/mol. The molecule has 140 valence electrons. The molecule has 0 unspecified atom stereocenters. The van der Waals surface area contributed by atoms with Gasteiger partial charge < -0.3 is 16.2 Å². The first-order valence-electron chi connectivity index (χ1n) is 8.40. The van der Waals surface area contributed by atoms with Crippen molar-refractivity contribution in [3.8, 4) is 5.95 Å². The lowest BCUT2D eigenvalue weighted by molar-refractivity contribution is 0.0697. The van der Waals surface area contributed by atoms with Crippen molar-refractivity contribution in [3.05, 3.63) is 76.3 Å². The Balaban J connectivity index is 1.62. The van der Waals surface area contributed by atoms with Crippen LogP contribution in [0, 0.1) is 0 Å². The standard InChI is InChI=1S/C19H16N6O3/c20-13-3-1-2-11(6-13)8-21-14-4-5-16-15(7-14)17(26)24-19(23-16)25-10-12(9-22-25)18(27)28/h1-7,9-10,21H,8,20H2,(H,27,28)(H,23,24,26). The summed E-state index contributed by atoms with van der Waals surface area (Å²) in [5, 5.41) is 16.6. The van der Waals surface area contributed by atoms with E-state index in [9.17, 15) is 9.59 Å². The van der Waals surface area contributed by atoms with Crippen molar-refractivity contribution < 1.29 is 9.90 Å². The number of carboxylic acids is 1. The monoisotopic (exact) mass is 376 g/mol. The van der Waals surface area contributed by atoms with E-state index in [1.54, 1.807) is 12.1 Å². The van der Waals surface area contributed by atoms with Crippen molar-refractivity contribution in [2.45, 2.75) is 6.54 Å². The molecule has 0 aliphatic carbocycles. The van der Waals surface area contributed by atoms with Crippen LogP contribution in [0.2, 0.25) is 0 Å². The molecule has 0 saturated carbocycles. The summed E-state index contributed by atoms with van der Waals surface area (Å²) < 4.78 is 1.22. The number of H-pyrrole nitrogens is 1. The number of aromatic nitrogens is 4. The Bertz CT molecular complexity index is 1240. The van der Waals surface area contributed by atoms with E-state index in [0.29, 0.717) is 23.1 Å². The Kier molecular flexibility index (Phi) is 4.24. The third-order valence-electron chi connectivity index (χ3n) is 4.19. The zero-order valence-corrected chi connectivity index (χ0v) is 14.6. The van der Waals surface area contributed by atoms with Crippen molar-refractivity contribution in [1.29, 1.82) is 0 Å². The summed E-state index contributed by atoms with van der Waals surface area (Å²) >= 11 is 0. The zero-order valence-electron chi connectivity index (χ0n) is 14.6. The zero-order chi connectivity index (χ0) is 19.7. The maximum atomic E-state index is 12.5.